The van der Waals surface area contributed by atoms with E-state index in [1.807, 2.05) is 13.8 Å². The lowest BCUT2D eigenvalue weighted by Crippen LogP contribution is -2.37. The molecule has 0 unspecified atom stereocenters. The summed E-state index contributed by atoms with van der Waals surface area (Å²) in [5, 5.41) is 0. The summed E-state index contributed by atoms with van der Waals surface area (Å²) < 4.78 is 12.8. The highest BCUT2D eigenvalue weighted by atomic mass is 19.1. The second-order valence-corrected chi connectivity index (χ2v) is 4.34. The van der Waals surface area contributed by atoms with Crippen LogP contribution < -0.4 is 0 Å². The number of halogens is 1. The Balaban J connectivity index is 2.51. The first kappa shape index (κ1) is 14.6. The lowest BCUT2D eigenvalue weighted by molar-refractivity contribution is -0.131. The molecule has 1 amide bonds. The van der Waals surface area contributed by atoms with Gasteiger partial charge in [0.15, 0.2) is 0 Å². The molecule has 100 valence electrons. The minimum atomic E-state index is -0.254. The number of amides is 1. The van der Waals surface area contributed by atoms with Gasteiger partial charge in [0.1, 0.15) is 5.82 Å². The molecule has 0 saturated heterocycles. The highest BCUT2D eigenvalue weighted by molar-refractivity contribution is 5.77. The van der Waals surface area contributed by atoms with Crippen LogP contribution in [0.3, 0.4) is 0 Å². The molecule has 1 aromatic rings. The van der Waals surface area contributed by atoms with Gasteiger partial charge in [-0.1, -0.05) is 26.0 Å². The maximum absolute atomic E-state index is 12.8. The third kappa shape index (κ3) is 4.45. The van der Waals surface area contributed by atoms with Gasteiger partial charge in [0.25, 0.3) is 0 Å². The van der Waals surface area contributed by atoms with Crippen molar-refractivity contribution in [2.45, 2.75) is 20.4 Å². The second-order valence-electron chi connectivity index (χ2n) is 4.34. The highest BCUT2D eigenvalue weighted by Crippen LogP contribution is 2.06. The fraction of sp³-hybridized carbons (Fsp3) is 0.500. The predicted molar refractivity (Wildman–Crippen MR) is 70.7 cm³/mol. The van der Waals surface area contributed by atoms with Crippen LogP contribution in [0, 0.1) is 5.82 Å². The van der Waals surface area contributed by atoms with Crippen LogP contribution in [0.1, 0.15) is 19.4 Å². The second kappa shape index (κ2) is 7.11. The molecule has 0 bridgehead atoms. The Hall–Kier alpha value is -1.42. The van der Waals surface area contributed by atoms with Crippen molar-refractivity contribution in [1.82, 2.24) is 9.80 Å². The van der Waals surface area contributed by atoms with Crippen molar-refractivity contribution in [2.24, 2.45) is 0 Å². The Morgan fingerprint density at radius 1 is 1.17 bits per heavy atom. The van der Waals surface area contributed by atoms with E-state index in [-0.39, 0.29) is 11.7 Å². The van der Waals surface area contributed by atoms with Gasteiger partial charge in [-0.3, -0.25) is 9.69 Å². The number of benzene rings is 1. The van der Waals surface area contributed by atoms with E-state index in [0.717, 1.165) is 18.7 Å². The number of nitrogens with zero attached hydrogens (tertiary/aromatic N) is 2. The van der Waals surface area contributed by atoms with Gasteiger partial charge >= 0.3 is 0 Å². The maximum atomic E-state index is 12.8. The lowest BCUT2D eigenvalue weighted by Gasteiger charge is -2.22. The summed E-state index contributed by atoms with van der Waals surface area (Å²) in [6.45, 7) is 6.76. The summed E-state index contributed by atoms with van der Waals surface area (Å²) in [7, 11) is 1.77. The Labute approximate surface area is 108 Å². The maximum Gasteiger partial charge on any atom is 0.236 e. The van der Waals surface area contributed by atoms with Crippen molar-refractivity contribution >= 4 is 5.91 Å². The Morgan fingerprint density at radius 3 is 2.22 bits per heavy atom. The largest absolute Gasteiger partial charge is 0.340 e. The molecule has 1 aromatic carbocycles. The Morgan fingerprint density at radius 2 is 1.72 bits per heavy atom. The Kier molecular flexibility index (Phi) is 5.78. The minimum absolute atomic E-state index is 0.0861. The van der Waals surface area contributed by atoms with Gasteiger partial charge in [-0.25, -0.2) is 4.39 Å². The monoisotopic (exact) mass is 252 g/mol. The molecule has 0 aliphatic heterocycles. The number of carbonyl (C=O) groups excluding carboxylic acids is 1. The molecule has 0 aliphatic rings. The van der Waals surface area contributed by atoms with Gasteiger partial charge in [0.05, 0.1) is 6.54 Å². The number of likely N-dealkylation sites (N-methyl/N-ethyl adjacent to an activating group) is 2. The first-order chi connectivity index (χ1) is 8.56. The summed E-state index contributed by atoms with van der Waals surface area (Å²) in [4.78, 5) is 15.7. The van der Waals surface area contributed by atoms with E-state index in [0.29, 0.717) is 13.1 Å². The smallest absolute Gasteiger partial charge is 0.236 e. The lowest BCUT2D eigenvalue weighted by atomic mass is 10.2. The highest BCUT2D eigenvalue weighted by Gasteiger charge is 2.12. The van der Waals surface area contributed by atoms with Crippen LogP contribution in [-0.4, -0.2) is 42.4 Å². The summed E-state index contributed by atoms with van der Waals surface area (Å²) in [5.41, 5.74) is 0.937. The van der Waals surface area contributed by atoms with Gasteiger partial charge < -0.3 is 4.90 Å². The average molecular weight is 252 g/mol. The van der Waals surface area contributed by atoms with Crippen molar-refractivity contribution in [1.29, 1.82) is 0 Å². The molecule has 0 heterocycles. The first-order valence-corrected chi connectivity index (χ1v) is 6.27. The van der Waals surface area contributed by atoms with Crippen LogP contribution in [0.25, 0.3) is 0 Å². The number of rotatable bonds is 6. The molecule has 3 nitrogen and oxygen atoms in total. The molecule has 0 aromatic heterocycles. The number of carbonyl (C=O) groups is 1. The topological polar surface area (TPSA) is 23.6 Å². The van der Waals surface area contributed by atoms with Crippen LogP contribution in [0.5, 0.6) is 0 Å². The fourth-order valence-corrected chi connectivity index (χ4v) is 1.71. The molecule has 0 atom stereocenters. The zero-order valence-corrected chi connectivity index (χ0v) is 11.3. The molecule has 0 N–H and O–H groups in total. The minimum Gasteiger partial charge on any atom is -0.340 e. The van der Waals surface area contributed by atoms with Crippen LogP contribution in [0.15, 0.2) is 24.3 Å². The van der Waals surface area contributed by atoms with E-state index in [4.69, 9.17) is 0 Å². The summed E-state index contributed by atoms with van der Waals surface area (Å²) in [6.07, 6.45) is 0. The van der Waals surface area contributed by atoms with Crippen LogP contribution >= 0.6 is 0 Å². The van der Waals surface area contributed by atoms with Gasteiger partial charge in [-0.05, 0) is 30.8 Å². The molecule has 0 radical (unpaired) electrons. The zero-order valence-electron chi connectivity index (χ0n) is 11.3. The van der Waals surface area contributed by atoms with E-state index < -0.39 is 0 Å². The molecule has 1 rings (SSSR count). The molecule has 0 saturated carbocycles. The van der Waals surface area contributed by atoms with E-state index in [2.05, 4.69) is 4.90 Å². The summed E-state index contributed by atoms with van der Waals surface area (Å²) >= 11 is 0. The summed E-state index contributed by atoms with van der Waals surface area (Å²) in [5.74, 6) is -0.168. The van der Waals surface area contributed by atoms with Gasteiger partial charge in [0, 0.05) is 13.6 Å². The van der Waals surface area contributed by atoms with Gasteiger partial charge in [0.2, 0.25) is 5.91 Å². The SMILES string of the molecule is CCN(CC)CC(=O)N(C)Cc1ccc(F)cc1. The third-order valence-electron chi connectivity index (χ3n) is 3.01. The molecule has 0 aliphatic carbocycles. The molecular formula is C14H21FN2O. The zero-order chi connectivity index (χ0) is 13.5. The fourth-order valence-electron chi connectivity index (χ4n) is 1.71. The van der Waals surface area contributed by atoms with Crippen molar-refractivity contribution in [3.05, 3.63) is 35.6 Å². The van der Waals surface area contributed by atoms with Crippen LogP contribution in [0.2, 0.25) is 0 Å². The summed E-state index contributed by atoms with van der Waals surface area (Å²) in [6, 6.07) is 6.24. The van der Waals surface area contributed by atoms with Crippen LogP contribution in [0.4, 0.5) is 4.39 Å². The van der Waals surface area contributed by atoms with E-state index in [1.165, 1.54) is 12.1 Å². The predicted octanol–water partition coefficient (Wildman–Crippen LogP) is 2.13. The van der Waals surface area contributed by atoms with Gasteiger partial charge in [-0.2, -0.15) is 0 Å². The van der Waals surface area contributed by atoms with E-state index >= 15 is 0 Å². The average Bonchev–Trinajstić information content (AvgIpc) is 2.38. The van der Waals surface area contributed by atoms with Crippen molar-refractivity contribution < 1.29 is 9.18 Å². The number of hydrogen-bond donors (Lipinski definition) is 0. The molecule has 0 spiro atoms. The molecule has 4 heteroatoms. The standard InChI is InChI=1S/C14H21FN2O/c1-4-17(5-2)11-14(18)16(3)10-12-6-8-13(15)9-7-12/h6-9H,4-5,10-11H2,1-3H3. The van der Waals surface area contributed by atoms with Crippen molar-refractivity contribution in [2.75, 3.05) is 26.7 Å². The normalized spacial score (nSPS) is 10.7. The van der Waals surface area contributed by atoms with Crippen LogP contribution in [-0.2, 0) is 11.3 Å². The molecular weight excluding hydrogens is 231 g/mol. The molecule has 18 heavy (non-hydrogen) atoms. The Bertz CT molecular complexity index is 374. The van der Waals surface area contributed by atoms with E-state index in [9.17, 15) is 9.18 Å². The van der Waals surface area contributed by atoms with Crippen molar-refractivity contribution in [3.63, 3.8) is 0 Å². The third-order valence-corrected chi connectivity index (χ3v) is 3.01. The molecule has 0 fully saturated rings. The van der Waals surface area contributed by atoms with E-state index in [1.54, 1.807) is 24.1 Å². The number of hydrogen-bond acceptors (Lipinski definition) is 2. The van der Waals surface area contributed by atoms with Gasteiger partial charge in [-0.15, -0.1) is 0 Å². The first-order valence-electron chi connectivity index (χ1n) is 6.27. The quantitative estimate of drug-likeness (QED) is 0.774. The van der Waals surface area contributed by atoms with Crippen molar-refractivity contribution in [3.8, 4) is 0 Å².